The number of carbonyl (C=O) groups is 1. The lowest BCUT2D eigenvalue weighted by molar-refractivity contribution is 0.132. The Bertz CT molecular complexity index is 928. The average Bonchev–Trinajstić information content (AvgIpc) is 3.03. The third-order valence-corrected chi connectivity index (χ3v) is 4.43. The largest absolute Gasteiger partial charge is 0.457 e. The molecule has 27 heavy (non-hydrogen) atoms. The number of benzene rings is 3. The van der Waals surface area contributed by atoms with Crippen molar-refractivity contribution in [2.75, 3.05) is 0 Å². The highest BCUT2D eigenvalue weighted by Crippen LogP contribution is 2.30. The highest BCUT2D eigenvalue weighted by atomic mass is 19.1. The van der Waals surface area contributed by atoms with Crippen LogP contribution < -0.4 is 10.1 Å². The van der Waals surface area contributed by atoms with E-state index in [1.807, 2.05) is 54.6 Å². The summed E-state index contributed by atoms with van der Waals surface area (Å²) in [5, 5.41) is 2.84. The van der Waals surface area contributed by atoms with E-state index in [1.165, 1.54) is 12.1 Å². The Hall–Kier alpha value is -3.34. The predicted molar refractivity (Wildman–Crippen MR) is 99.2 cm³/mol. The van der Waals surface area contributed by atoms with Crippen molar-refractivity contribution in [2.45, 2.75) is 18.6 Å². The third-order valence-electron chi connectivity index (χ3n) is 4.43. The van der Waals surface area contributed by atoms with Gasteiger partial charge in [-0.15, -0.1) is 0 Å². The number of halogens is 1. The van der Waals surface area contributed by atoms with Gasteiger partial charge in [0.1, 0.15) is 23.4 Å². The molecule has 1 N–H and O–H groups in total. The molecule has 3 aromatic rings. The number of alkyl carbamates (subject to hydrolysis) is 1. The van der Waals surface area contributed by atoms with Gasteiger partial charge in [-0.25, -0.2) is 9.18 Å². The molecule has 0 saturated carbocycles. The first-order chi connectivity index (χ1) is 13.2. The van der Waals surface area contributed by atoms with Gasteiger partial charge in [0, 0.05) is 0 Å². The fraction of sp³-hybridized carbons (Fsp3) is 0.136. The second-order valence-corrected chi connectivity index (χ2v) is 6.39. The summed E-state index contributed by atoms with van der Waals surface area (Å²) in [6, 6.07) is 23.0. The van der Waals surface area contributed by atoms with Gasteiger partial charge in [0.25, 0.3) is 0 Å². The molecular weight excluding hydrogens is 345 g/mol. The Morgan fingerprint density at radius 1 is 0.926 bits per heavy atom. The van der Waals surface area contributed by atoms with E-state index in [1.54, 1.807) is 12.1 Å². The van der Waals surface area contributed by atoms with E-state index >= 15 is 0 Å². The van der Waals surface area contributed by atoms with E-state index in [0.29, 0.717) is 6.42 Å². The summed E-state index contributed by atoms with van der Waals surface area (Å²) in [6.45, 7) is 0. The molecule has 1 saturated heterocycles. The number of cyclic esters (lactones) is 1. The van der Waals surface area contributed by atoms with Crippen LogP contribution in [0.3, 0.4) is 0 Å². The van der Waals surface area contributed by atoms with Crippen molar-refractivity contribution in [2.24, 2.45) is 0 Å². The minimum atomic E-state index is -0.467. The number of hydrogen-bond donors (Lipinski definition) is 1. The van der Waals surface area contributed by atoms with E-state index in [4.69, 9.17) is 9.47 Å². The van der Waals surface area contributed by atoms with E-state index < -0.39 is 12.2 Å². The van der Waals surface area contributed by atoms with Crippen LogP contribution in [0.25, 0.3) is 0 Å². The van der Waals surface area contributed by atoms with Crippen LogP contribution in [0.1, 0.15) is 17.2 Å². The number of para-hydroxylation sites is 1. The minimum Gasteiger partial charge on any atom is -0.457 e. The fourth-order valence-electron chi connectivity index (χ4n) is 3.18. The maximum Gasteiger partial charge on any atom is 0.408 e. The van der Waals surface area contributed by atoms with Crippen LogP contribution in [-0.4, -0.2) is 12.1 Å². The van der Waals surface area contributed by atoms with Gasteiger partial charge in [-0.3, -0.25) is 0 Å². The van der Waals surface area contributed by atoms with Crippen molar-refractivity contribution in [3.05, 3.63) is 95.8 Å². The molecule has 0 spiro atoms. The Morgan fingerprint density at radius 3 is 2.44 bits per heavy atom. The zero-order valence-corrected chi connectivity index (χ0v) is 14.5. The summed E-state index contributed by atoms with van der Waals surface area (Å²) in [6.07, 6.45) is -0.359. The van der Waals surface area contributed by atoms with Crippen molar-refractivity contribution in [1.29, 1.82) is 0 Å². The van der Waals surface area contributed by atoms with E-state index in [9.17, 15) is 9.18 Å². The molecule has 0 bridgehead atoms. The molecule has 0 aromatic heterocycles. The van der Waals surface area contributed by atoms with Crippen molar-refractivity contribution >= 4 is 6.09 Å². The predicted octanol–water partition coefficient (Wildman–Crippen LogP) is 5.01. The molecule has 0 aliphatic carbocycles. The number of nitrogens with one attached hydrogen (secondary N) is 1. The van der Waals surface area contributed by atoms with Crippen LogP contribution in [0.5, 0.6) is 11.5 Å². The SMILES string of the molecule is O=C1NC(Cc2cccc(Oc3ccccc3)c2)C(c2ccc(F)cc2)O1. The number of rotatable bonds is 5. The molecule has 4 nitrogen and oxygen atoms in total. The Kier molecular flexibility index (Phi) is 4.75. The number of hydrogen-bond acceptors (Lipinski definition) is 3. The standard InChI is InChI=1S/C22H18FNO3/c23-17-11-9-16(10-12-17)21-20(24-22(25)27-21)14-15-5-4-8-19(13-15)26-18-6-2-1-3-7-18/h1-13,20-21H,14H2,(H,24,25). The topological polar surface area (TPSA) is 47.6 Å². The van der Waals surface area contributed by atoms with Crippen molar-refractivity contribution in [1.82, 2.24) is 5.32 Å². The van der Waals surface area contributed by atoms with Gasteiger partial charge >= 0.3 is 6.09 Å². The van der Waals surface area contributed by atoms with Gasteiger partial charge < -0.3 is 14.8 Å². The first kappa shape index (κ1) is 17.1. The lowest BCUT2D eigenvalue weighted by Gasteiger charge is -2.18. The molecule has 3 aromatic carbocycles. The summed E-state index contributed by atoms with van der Waals surface area (Å²) >= 11 is 0. The molecule has 0 radical (unpaired) electrons. The van der Waals surface area contributed by atoms with Crippen LogP contribution in [-0.2, 0) is 11.2 Å². The second kappa shape index (κ2) is 7.50. The lowest BCUT2D eigenvalue weighted by atomic mass is 9.96. The zero-order valence-electron chi connectivity index (χ0n) is 14.5. The smallest absolute Gasteiger partial charge is 0.408 e. The van der Waals surface area contributed by atoms with Crippen LogP contribution in [0.4, 0.5) is 9.18 Å². The first-order valence-electron chi connectivity index (χ1n) is 8.72. The number of carbonyl (C=O) groups excluding carboxylic acids is 1. The van der Waals surface area contributed by atoms with Crippen LogP contribution in [0.2, 0.25) is 0 Å². The summed E-state index contributed by atoms with van der Waals surface area (Å²) < 4.78 is 24.4. The molecule has 1 heterocycles. The van der Waals surface area contributed by atoms with Gasteiger partial charge in [0.2, 0.25) is 0 Å². The summed E-state index contributed by atoms with van der Waals surface area (Å²) in [5.41, 5.74) is 1.77. The molecule has 2 unspecified atom stereocenters. The summed E-state index contributed by atoms with van der Waals surface area (Å²) in [4.78, 5) is 11.8. The monoisotopic (exact) mass is 363 g/mol. The Morgan fingerprint density at radius 2 is 1.67 bits per heavy atom. The Labute approximate surface area is 156 Å². The molecule has 1 fully saturated rings. The van der Waals surface area contributed by atoms with Crippen molar-refractivity contribution in [3.8, 4) is 11.5 Å². The average molecular weight is 363 g/mol. The van der Waals surface area contributed by atoms with E-state index in [-0.39, 0.29) is 11.9 Å². The Balaban J connectivity index is 1.51. The normalized spacial score (nSPS) is 18.6. The van der Waals surface area contributed by atoms with Gasteiger partial charge in [0.15, 0.2) is 0 Å². The molecule has 1 aliphatic rings. The third kappa shape index (κ3) is 4.08. The van der Waals surface area contributed by atoms with Gasteiger partial charge in [-0.05, 0) is 53.9 Å². The maximum absolute atomic E-state index is 13.2. The van der Waals surface area contributed by atoms with E-state index in [2.05, 4.69) is 5.32 Å². The maximum atomic E-state index is 13.2. The number of ether oxygens (including phenoxy) is 2. The zero-order chi connectivity index (χ0) is 18.6. The quantitative estimate of drug-likeness (QED) is 0.693. The molecule has 2 atom stereocenters. The lowest BCUT2D eigenvalue weighted by Crippen LogP contribution is -2.30. The van der Waals surface area contributed by atoms with E-state index in [0.717, 1.165) is 22.6 Å². The molecule has 4 rings (SSSR count). The van der Waals surface area contributed by atoms with Gasteiger partial charge in [-0.1, -0.05) is 42.5 Å². The van der Waals surface area contributed by atoms with Gasteiger partial charge in [0.05, 0.1) is 6.04 Å². The van der Waals surface area contributed by atoms with Crippen molar-refractivity contribution < 1.29 is 18.7 Å². The summed E-state index contributed by atoms with van der Waals surface area (Å²) in [5.74, 6) is 1.16. The molecule has 1 aliphatic heterocycles. The minimum absolute atomic E-state index is 0.241. The van der Waals surface area contributed by atoms with Crippen molar-refractivity contribution in [3.63, 3.8) is 0 Å². The van der Waals surface area contributed by atoms with Crippen LogP contribution in [0.15, 0.2) is 78.9 Å². The highest BCUT2D eigenvalue weighted by molar-refractivity contribution is 5.70. The fourth-order valence-corrected chi connectivity index (χ4v) is 3.18. The summed E-state index contributed by atoms with van der Waals surface area (Å²) in [7, 11) is 0. The molecular formula is C22H18FNO3. The molecule has 136 valence electrons. The molecule has 1 amide bonds. The van der Waals surface area contributed by atoms with Crippen LogP contribution in [0, 0.1) is 5.82 Å². The highest BCUT2D eigenvalue weighted by Gasteiger charge is 2.35. The van der Waals surface area contributed by atoms with Crippen LogP contribution >= 0.6 is 0 Å². The van der Waals surface area contributed by atoms with Gasteiger partial charge in [-0.2, -0.15) is 0 Å². The second-order valence-electron chi connectivity index (χ2n) is 6.39. The number of amides is 1. The first-order valence-corrected chi connectivity index (χ1v) is 8.72. The molecule has 5 heteroatoms.